The number of amides is 1. The summed E-state index contributed by atoms with van der Waals surface area (Å²) in [6, 6.07) is 3.72. The summed E-state index contributed by atoms with van der Waals surface area (Å²) >= 11 is 0. The van der Waals surface area contributed by atoms with Crippen molar-refractivity contribution in [2.45, 2.75) is 6.29 Å². The first-order chi connectivity index (χ1) is 7.08. The molecule has 1 atom stereocenters. The van der Waals surface area contributed by atoms with Crippen LogP contribution in [0.15, 0.2) is 18.2 Å². The molecule has 1 aliphatic rings. The Labute approximate surface area is 83.4 Å². The number of carbonyl (C=O) groups is 1. The third kappa shape index (κ3) is 1.59. The van der Waals surface area contributed by atoms with Crippen molar-refractivity contribution >= 4 is 17.3 Å². The number of ether oxygens (including phenoxy) is 1. The molecule has 0 fully saturated rings. The molecule has 1 aliphatic heterocycles. The summed E-state index contributed by atoms with van der Waals surface area (Å²) in [5, 5.41) is 21.8. The van der Waals surface area contributed by atoms with Crippen molar-refractivity contribution < 1.29 is 19.6 Å². The Morgan fingerprint density at radius 3 is 2.93 bits per heavy atom. The minimum absolute atomic E-state index is 0.0799. The third-order valence-electron chi connectivity index (χ3n) is 1.90. The molecular weight excluding hydrogens is 204 g/mol. The normalized spacial score (nSPS) is 18.7. The van der Waals surface area contributed by atoms with Gasteiger partial charge in [-0.25, -0.2) is 0 Å². The highest BCUT2D eigenvalue weighted by molar-refractivity contribution is 5.96. The number of hydrogen-bond donors (Lipinski definition) is 2. The number of nitro benzene ring substituents is 1. The standard InChI is InChI=1S/C8H6N2O5/c11-7-8(12)15-6-3-4(10(13)14)1-2-5(6)9-7/h1-3,8,12H,(H,9,11). The monoisotopic (exact) mass is 210 g/mol. The van der Waals surface area contributed by atoms with Crippen LogP contribution in [0.2, 0.25) is 0 Å². The van der Waals surface area contributed by atoms with Crippen LogP contribution in [0.25, 0.3) is 0 Å². The van der Waals surface area contributed by atoms with Crippen LogP contribution >= 0.6 is 0 Å². The molecule has 0 aliphatic carbocycles. The minimum Gasteiger partial charge on any atom is -0.453 e. The largest absolute Gasteiger partial charge is 0.453 e. The van der Waals surface area contributed by atoms with Crippen LogP contribution < -0.4 is 10.1 Å². The highest BCUT2D eigenvalue weighted by atomic mass is 16.6. The van der Waals surface area contributed by atoms with E-state index in [9.17, 15) is 14.9 Å². The molecule has 1 heterocycles. The summed E-state index contributed by atoms with van der Waals surface area (Å²) in [7, 11) is 0. The highest BCUT2D eigenvalue weighted by Gasteiger charge is 2.26. The number of nitrogens with one attached hydrogen (secondary N) is 1. The van der Waals surface area contributed by atoms with Crippen LogP contribution in [0.1, 0.15) is 0 Å². The second-order valence-corrected chi connectivity index (χ2v) is 2.90. The number of nitro groups is 1. The van der Waals surface area contributed by atoms with Gasteiger partial charge < -0.3 is 15.2 Å². The number of aliphatic hydroxyl groups is 1. The first-order valence-electron chi connectivity index (χ1n) is 4.02. The van der Waals surface area contributed by atoms with Crippen molar-refractivity contribution in [2.75, 3.05) is 5.32 Å². The number of anilines is 1. The fourth-order valence-corrected chi connectivity index (χ4v) is 1.19. The number of rotatable bonds is 1. The topological polar surface area (TPSA) is 102 Å². The quantitative estimate of drug-likeness (QED) is 0.510. The number of aliphatic hydroxyl groups excluding tert-OH is 1. The first kappa shape index (κ1) is 9.41. The van der Waals surface area contributed by atoms with Gasteiger partial charge in [0.15, 0.2) is 5.75 Å². The molecule has 78 valence electrons. The van der Waals surface area contributed by atoms with Crippen LogP contribution in [0.5, 0.6) is 5.75 Å². The van der Waals surface area contributed by atoms with E-state index in [4.69, 9.17) is 9.84 Å². The van der Waals surface area contributed by atoms with Gasteiger partial charge in [0.1, 0.15) is 0 Å². The maximum absolute atomic E-state index is 11.0. The molecule has 7 heteroatoms. The molecule has 2 rings (SSSR count). The van der Waals surface area contributed by atoms with Crippen LogP contribution in [0.3, 0.4) is 0 Å². The predicted molar refractivity (Wildman–Crippen MR) is 48.4 cm³/mol. The van der Waals surface area contributed by atoms with Gasteiger partial charge in [-0.05, 0) is 6.07 Å². The lowest BCUT2D eigenvalue weighted by atomic mass is 10.2. The fraction of sp³-hybridized carbons (Fsp3) is 0.125. The summed E-state index contributed by atoms with van der Waals surface area (Å²) in [6.07, 6.45) is -1.63. The molecule has 1 amide bonds. The van der Waals surface area contributed by atoms with Gasteiger partial charge in [0.25, 0.3) is 17.9 Å². The van der Waals surface area contributed by atoms with Gasteiger partial charge in [-0.1, -0.05) is 0 Å². The summed E-state index contributed by atoms with van der Waals surface area (Å²) in [6.45, 7) is 0. The zero-order valence-corrected chi connectivity index (χ0v) is 7.34. The van der Waals surface area contributed by atoms with Crippen molar-refractivity contribution in [3.8, 4) is 5.75 Å². The number of nitrogens with zero attached hydrogens (tertiary/aromatic N) is 1. The van der Waals surface area contributed by atoms with Crippen molar-refractivity contribution in [3.05, 3.63) is 28.3 Å². The SMILES string of the molecule is O=C1Nc2ccc([N+](=O)[O-])cc2OC1O. The average molecular weight is 210 g/mol. The summed E-state index contributed by atoms with van der Waals surface area (Å²) in [5.41, 5.74) is 0.132. The lowest BCUT2D eigenvalue weighted by Gasteiger charge is -2.21. The molecule has 7 nitrogen and oxygen atoms in total. The van der Waals surface area contributed by atoms with Gasteiger partial charge in [0.05, 0.1) is 16.7 Å². The molecule has 15 heavy (non-hydrogen) atoms. The molecule has 0 saturated heterocycles. The molecule has 0 aromatic heterocycles. The summed E-state index contributed by atoms with van der Waals surface area (Å²) < 4.78 is 4.77. The Hall–Kier alpha value is -2.15. The van der Waals surface area contributed by atoms with Crippen molar-refractivity contribution in [1.82, 2.24) is 0 Å². The molecule has 2 N–H and O–H groups in total. The van der Waals surface area contributed by atoms with Gasteiger partial charge in [0.2, 0.25) is 0 Å². The van der Waals surface area contributed by atoms with E-state index >= 15 is 0 Å². The van der Waals surface area contributed by atoms with Gasteiger partial charge in [0, 0.05) is 6.07 Å². The summed E-state index contributed by atoms with van der Waals surface area (Å²) in [4.78, 5) is 20.8. The van der Waals surface area contributed by atoms with Crippen LogP contribution in [-0.2, 0) is 4.79 Å². The second-order valence-electron chi connectivity index (χ2n) is 2.90. The lowest BCUT2D eigenvalue weighted by molar-refractivity contribution is -0.385. The average Bonchev–Trinajstić information content (AvgIpc) is 2.19. The van der Waals surface area contributed by atoms with E-state index in [1.165, 1.54) is 12.1 Å². The molecule has 0 saturated carbocycles. The number of hydrogen-bond acceptors (Lipinski definition) is 5. The molecule has 0 radical (unpaired) electrons. The Morgan fingerprint density at radius 1 is 1.53 bits per heavy atom. The Bertz CT molecular complexity index is 445. The van der Waals surface area contributed by atoms with E-state index in [2.05, 4.69) is 5.32 Å². The molecular formula is C8H6N2O5. The van der Waals surface area contributed by atoms with E-state index in [1.807, 2.05) is 0 Å². The van der Waals surface area contributed by atoms with E-state index in [-0.39, 0.29) is 11.4 Å². The third-order valence-corrected chi connectivity index (χ3v) is 1.90. The van der Waals surface area contributed by atoms with Crippen molar-refractivity contribution in [2.24, 2.45) is 0 Å². The Kier molecular flexibility index (Phi) is 2.01. The zero-order chi connectivity index (χ0) is 11.0. The zero-order valence-electron chi connectivity index (χ0n) is 7.34. The van der Waals surface area contributed by atoms with Crippen molar-refractivity contribution in [1.29, 1.82) is 0 Å². The molecule has 1 aromatic carbocycles. The van der Waals surface area contributed by atoms with Crippen molar-refractivity contribution in [3.63, 3.8) is 0 Å². The van der Waals surface area contributed by atoms with E-state index in [1.54, 1.807) is 0 Å². The Balaban J connectivity index is 2.41. The number of fused-ring (bicyclic) bond motifs is 1. The number of carbonyl (C=O) groups excluding carboxylic acids is 1. The Morgan fingerprint density at radius 2 is 2.27 bits per heavy atom. The van der Waals surface area contributed by atoms with Gasteiger partial charge in [-0.15, -0.1) is 0 Å². The predicted octanol–water partition coefficient (Wildman–Crippen LogP) is 0.244. The smallest absolute Gasteiger partial charge is 0.293 e. The summed E-state index contributed by atoms with van der Waals surface area (Å²) in [5.74, 6) is -0.618. The van der Waals surface area contributed by atoms with Crippen LogP contribution in [0, 0.1) is 10.1 Å². The van der Waals surface area contributed by atoms with Crippen LogP contribution in [-0.4, -0.2) is 22.2 Å². The highest BCUT2D eigenvalue weighted by Crippen LogP contribution is 2.32. The molecule has 1 aromatic rings. The van der Waals surface area contributed by atoms with E-state index < -0.39 is 17.1 Å². The van der Waals surface area contributed by atoms with Gasteiger partial charge in [-0.3, -0.25) is 14.9 Å². The molecule has 0 bridgehead atoms. The number of benzene rings is 1. The van der Waals surface area contributed by atoms with E-state index in [0.29, 0.717) is 5.69 Å². The fourth-order valence-electron chi connectivity index (χ4n) is 1.19. The van der Waals surface area contributed by atoms with Gasteiger partial charge >= 0.3 is 0 Å². The molecule has 0 spiro atoms. The number of non-ortho nitro benzene ring substituents is 1. The minimum atomic E-state index is -1.63. The molecule has 1 unspecified atom stereocenters. The maximum Gasteiger partial charge on any atom is 0.293 e. The lowest BCUT2D eigenvalue weighted by Crippen LogP contribution is -2.36. The maximum atomic E-state index is 11.0. The van der Waals surface area contributed by atoms with Gasteiger partial charge in [-0.2, -0.15) is 0 Å². The van der Waals surface area contributed by atoms with Crippen LogP contribution in [0.4, 0.5) is 11.4 Å². The second kappa shape index (κ2) is 3.21. The van der Waals surface area contributed by atoms with E-state index in [0.717, 1.165) is 6.07 Å². The first-order valence-corrected chi connectivity index (χ1v) is 4.02.